The van der Waals surface area contributed by atoms with Gasteiger partial charge in [0.15, 0.2) is 0 Å². The van der Waals surface area contributed by atoms with Gasteiger partial charge in [-0.15, -0.1) is 0 Å². The molecule has 2 N–H and O–H groups in total. The highest BCUT2D eigenvalue weighted by Crippen LogP contribution is 2.40. The molecule has 2 aromatic heterocycles. The number of likely N-dealkylation sites (N-methyl/N-ethyl adjacent to an activating group) is 2. The van der Waals surface area contributed by atoms with Gasteiger partial charge in [-0.25, -0.2) is 9.97 Å². The Morgan fingerprint density at radius 3 is 2.68 bits per heavy atom. The Labute approximate surface area is 264 Å². The van der Waals surface area contributed by atoms with Gasteiger partial charge in [0, 0.05) is 67.2 Å². The number of nitrogens with one attached hydrogen (secondary N) is 2. The van der Waals surface area contributed by atoms with Crippen LogP contribution >= 0.6 is 11.8 Å². The van der Waals surface area contributed by atoms with Crippen LogP contribution in [0.4, 0.5) is 23.0 Å². The third-order valence-corrected chi connectivity index (χ3v) is 8.71. The van der Waals surface area contributed by atoms with Crippen LogP contribution in [0.3, 0.4) is 0 Å². The third kappa shape index (κ3) is 7.03. The molecular weight excluding hydrogens is 570 g/mol. The molecule has 0 aliphatic carbocycles. The number of nitrogens with zero attached hydrogens (tertiary/aromatic N) is 5. The number of allylic oxidation sites excluding steroid dienone is 1. The van der Waals surface area contributed by atoms with E-state index in [-0.39, 0.29) is 11.8 Å². The molecule has 9 nitrogen and oxygen atoms in total. The van der Waals surface area contributed by atoms with Crippen LogP contribution in [0.1, 0.15) is 25.1 Å². The Kier molecular flexibility index (Phi) is 9.80. The van der Waals surface area contributed by atoms with E-state index in [4.69, 9.17) is 14.7 Å². The van der Waals surface area contributed by atoms with Crippen molar-refractivity contribution < 1.29 is 9.53 Å². The van der Waals surface area contributed by atoms with E-state index >= 15 is 0 Å². The number of fused-ring (bicyclic) bond motifs is 2. The summed E-state index contributed by atoms with van der Waals surface area (Å²) in [7, 11) is 9.84. The zero-order valence-corrected chi connectivity index (χ0v) is 27.6. The molecule has 1 aliphatic heterocycles. The second-order valence-electron chi connectivity index (χ2n) is 11.8. The van der Waals surface area contributed by atoms with E-state index < -0.39 is 0 Å². The summed E-state index contributed by atoms with van der Waals surface area (Å²) in [6.07, 6.45) is 6.52. The molecule has 0 bridgehead atoms. The molecule has 0 radical (unpaired) electrons. The van der Waals surface area contributed by atoms with Crippen molar-refractivity contribution in [3.05, 3.63) is 66.0 Å². The van der Waals surface area contributed by atoms with Crippen molar-refractivity contribution in [3.8, 4) is 17.0 Å². The monoisotopic (exact) mass is 613 g/mol. The molecule has 0 fully saturated rings. The smallest absolute Gasteiger partial charge is 0.248 e. The van der Waals surface area contributed by atoms with Crippen molar-refractivity contribution in [1.82, 2.24) is 19.4 Å². The summed E-state index contributed by atoms with van der Waals surface area (Å²) in [5.41, 5.74) is 7.69. The van der Waals surface area contributed by atoms with Crippen LogP contribution in [-0.2, 0) is 24.0 Å². The molecule has 1 aliphatic rings. The lowest BCUT2D eigenvalue weighted by molar-refractivity contribution is -0.111. The van der Waals surface area contributed by atoms with Crippen molar-refractivity contribution in [2.45, 2.75) is 26.0 Å². The fourth-order valence-electron chi connectivity index (χ4n) is 5.34. The molecule has 1 amide bonds. The summed E-state index contributed by atoms with van der Waals surface area (Å²) in [4.78, 5) is 27.3. The molecule has 0 saturated carbocycles. The van der Waals surface area contributed by atoms with E-state index in [0.717, 1.165) is 59.2 Å². The summed E-state index contributed by atoms with van der Waals surface area (Å²) >= 11 is 1.92. The Morgan fingerprint density at radius 2 is 1.93 bits per heavy atom. The van der Waals surface area contributed by atoms with Crippen molar-refractivity contribution in [1.29, 1.82) is 0 Å². The quantitative estimate of drug-likeness (QED) is 0.190. The summed E-state index contributed by atoms with van der Waals surface area (Å²) in [5.74, 6) is 3.13. The molecule has 0 saturated heterocycles. The summed E-state index contributed by atoms with van der Waals surface area (Å²) in [6.45, 7) is 5.72. The maximum atomic E-state index is 12.9. The van der Waals surface area contributed by atoms with Gasteiger partial charge in [-0.2, -0.15) is 11.8 Å². The molecule has 44 heavy (non-hydrogen) atoms. The number of benzene rings is 2. The fourth-order valence-corrected chi connectivity index (χ4v) is 6.33. The molecule has 0 atom stereocenters. The summed E-state index contributed by atoms with van der Waals surface area (Å²) in [6, 6.07) is 12.3. The first kappa shape index (κ1) is 31.4. The van der Waals surface area contributed by atoms with Gasteiger partial charge in [-0.05, 0) is 50.4 Å². The molecule has 2 aromatic carbocycles. The molecule has 5 rings (SSSR count). The predicted molar refractivity (Wildman–Crippen MR) is 185 cm³/mol. The standard InChI is InChI=1S/C34H43N7O2S/c1-22(2)12-13-32(42)35-27-18-28(31(43-7)19-30(27)40(5)16-15-39(3)4)37-34-36-26-14-17-44-21-25(26)33(38-34)24-20-41(6)29-11-9-8-10-23(24)29/h8-13,18-20,22H,14-17,21H2,1-7H3,(H,35,42)(H,36,37,38)/b13-12-. The number of rotatable bonds is 11. The van der Waals surface area contributed by atoms with Gasteiger partial charge in [0.1, 0.15) is 5.75 Å². The zero-order chi connectivity index (χ0) is 31.4. The lowest BCUT2D eigenvalue weighted by atomic mass is 10.0. The number of thioether (sulfide) groups is 1. The van der Waals surface area contributed by atoms with Crippen LogP contribution < -0.4 is 20.3 Å². The Bertz CT molecular complexity index is 1680. The number of aromatic nitrogens is 3. The van der Waals surface area contributed by atoms with E-state index in [1.165, 1.54) is 10.9 Å². The van der Waals surface area contributed by atoms with E-state index in [0.29, 0.717) is 23.1 Å². The Balaban J connectivity index is 1.58. The average molecular weight is 614 g/mol. The molecular formula is C34H43N7O2S. The molecule has 3 heterocycles. The lowest BCUT2D eigenvalue weighted by Crippen LogP contribution is -2.29. The second-order valence-corrected chi connectivity index (χ2v) is 12.9. The number of hydrogen-bond donors (Lipinski definition) is 2. The number of ether oxygens (including phenoxy) is 1. The summed E-state index contributed by atoms with van der Waals surface area (Å²) < 4.78 is 8.03. The molecule has 0 spiro atoms. The zero-order valence-electron chi connectivity index (χ0n) is 26.8. The van der Waals surface area contributed by atoms with E-state index in [1.54, 1.807) is 13.2 Å². The highest BCUT2D eigenvalue weighted by molar-refractivity contribution is 7.98. The molecule has 10 heteroatoms. The minimum atomic E-state index is -0.183. The van der Waals surface area contributed by atoms with Gasteiger partial charge >= 0.3 is 0 Å². The van der Waals surface area contributed by atoms with E-state index in [1.807, 2.05) is 65.0 Å². The van der Waals surface area contributed by atoms with Crippen molar-refractivity contribution in [2.24, 2.45) is 13.0 Å². The van der Waals surface area contributed by atoms with Gasteiger partial charge in [-0.1, -0.05) is 38.1 Å². The lowest BCUT2D eigenvalue weighted by Gasteiger charge is -2.26. The van der Waals surface area contributed by atoms with Crippen molar-refractivity contribution in [2.75, 3.05) is 62.6 Å². The van der Waals surface area contributed by atoms with Crippen LogP contribution in [0, 0.1) is 5.92 Å². The number of anilines is 4. The number of methoxy groups -OCH3 is 1. The van der Waals surface area contributed by atoms with Gasteiger partial charge in [-0.3, -0.25) is 4.79 Å². The minimum absolute atomic E-state index is 0.183. The summed E-state index contributed by atoms with van der Waals surface area (Å²) in [5, 5.41) is 7.73. The number of para-hydroxylation sites is 1. The molecule has 232 valence electrons. The normalized spacial score (nSPS) is 13.1. The topological polar surface area (TPSA) is 87.5 Å². The number of aryl methyl sites for hydroxylation is 2. The largest absolute Gasteiger partial charge is 0.494 e. The average Bonchev–Trinajstić information content (AvgIpc) is 3.34. The van der Waals surface area contributed by atoms with Gasteiger partial charge in [0.25, 0.3) is 0 Å². The Hall–Kier alpha value is -4.02. The van der Waals surface area contributed by atoms with E-state index in [2.05, 4.69) is 62.5 Å². The highest BCUT2D eigenvalue weighted by Gasteiger charge is 2.23. The number of amides is 1. The fraction of sp³-hybridized carbons (Fsp3) is 0.382. The number of hydrogen-bond acceptors (Lipinski definition) is 8. The minimum Gasteiger partial charge on any atom is -0.494 e. The van der Waals surface area contributed by atoms with Crippen LogP contribution in [0.2, 0.25) is 0 Å². The maximum Gasteiger partial charge on any atom is 0.248 e. The number of carbonyl (C=O) groups excluding carboxylic acids is 1. The first-order valence-electron chi connectivity index (χ1n) is 15.0. The van der Waals surface area contributed by atoms with E-state index in [9.17, 15) is 4.79 Å². The SMILES string of the molecule is COc1cc(N(C)CCN(C)C)c(NC(=O)/C=C\C(C)C)cc1Nc1nc2c(c(-c3cn(C)c4ccccc34)n1)CSCC2. The third-order valence-electron chi connectivity index (χ3n) is 7.72. The first-order chi connectivity index (χ1) is 21.1. The van der Waals surface area contributed by atoms with Crippen LogP contribution in [0.25, 0.3) is 22.2 Å². The number of carbonyl (C=O) groups is 1. The second kappa shape index (κ2) is 13.7. The maximum absolute atomic E-state index is 12.9. The highest BCUT2D eigenvalue weighted by atomic mass is 32.2. The van der Waals surface area contributed by atoms with Crippen molar-refractivity contribution >= 4 is 51.6 Å². The van der Waals surface area contributed by atoms with Crippen LogP contribution in [0.5, 0.6) is 5.75 Å². The van der Waals surface area contributed by atoms with Crippen LogP contribution in [0.15, 0.2) is 54.7 Å². The van der Waals surface area contributed by atoms with Gasteiger partial charge < -0.3 is 29.7 Å². The van der Waals surface area contributed by atoms with Crippen LogP contribution in [-0.4, -0.2) is 72.4 Å². The molecule has 4 aromatic rings. The first-order valence-corrected chi connectivity index (χ1v) is 16.2. The van der Waals surface area contributed by atoms with Crippen molar-refractivity contribution in [3.63, 3.8) is 0 Å². The van der Waals surface area contributed by atoms with Gasteiger partial charge in [0.05, 0.1) is 35.6 Å². The Morgan fingerprint density at radius 1 is 1.14 bits per heavy atom. The van der Waals surface area contributed by atoms with Gasteiger partial charge in [0.2, 0.25) is 11.9 Å². The molecule has 0 unspecified atom stereocenters. The predicted octanol–water partition coefficient (Wildman–Crippen LogP) is 6.33.